The molecule has 5 nitrogen and oxygen atoms in total. The molecule has 1 aromatic heterocycles. The molecular weight excluding hydrogens is 347 g/mol. The first-order valence-corrected chi connectivity index (χ1v) is 8.89. The van der Waals surface area contributed by atoms with E-state index in [-0.39, 0.29) is 12.1 Å². The number of benzene rings is 1. The van der Waals surface area contributed by atoms with Crippen molar-refractivity contribution in [1.29, 1.82) is 0 Å². The van der Waals surface area contributed by atoms with Crippen molar-refractivity contribution in [3.63, 3.8) is 0 Å². The second-order valence-corrected chi connectivity index (χ2v) is 6.94. The molecule has 7 heteroatoms. The monoisotopic (exact) mass is 366 g/mol. The number of halogens is 2. The zero-order chi connectivity index (χ0) is 16.9. The van der Waals surface area contributed by atoms with Gasteiger partial charge in [-0.2, -0.15) is 5.10 Å². The van der Waals surface area contributed by atoms with Gasteiger partial charge in [0.25, 0.3) is 0 Å². The van der Waals surface area contributed by atoms with Gasteiger partial charge in [0.05, 0.1) is 18.4 Å². The van der Waals surface area contributed by atoms with Crippen LogP contribution < -0.4 is 10.6 Å². The maximum atomic E-state index is 12.0. The Kier molecular flexibility index (Phi) is 5.63. The molecule has 128 valence electrons. The first-order valence-electron chi connectivity index (χ1n) is 8.14. The molecule has 1 fully saturated rings. The molecule has 3 rings (SSSR count). The number of hydrogen-bond donors (Lipinski definition) is 2. The van der Waals surface area contributed by atoms with Crippen LogP contribution in [0.25, 0.3) is 0 Å². The van der Waals surface area contributed by atoms with Gasteiger partial charge in [0.2, 0.25) is 0 Å². The van der Waals surface area contributed by atoms with E-state index in [0.717, 1.165) is 18.4 Å². The molecule has 1 saturated carbocycles. The molecule has 2 amide bonds. The number of carbonyl (C=O) groups excluding carboxylic acids is 1. The Balaban J connectivity index is 1.55. The third kappa shape index (κ3) is 4.65. The number of nitrogens with one attached hydrogen (secondary N) is 2. The van der Waals surface area contributed by atoms with Crippen LogP contribution in [0.5, 0.6) is 0 Å². The number of anilines is 1. The summed E-state index contributed by atoms with van der Waals surface area (Å²) in [7, 11) is 0. The van der Waals surface area contributed by atoms with E-state index in [9.17, 15) is 4.79 Å². The minimum atomic E-state index is -0.175. The van der Waals surface area contributed by atoms with Crippen LogP contribution in [0.4, 0.5) is 10.5 Å². The Bertz CT molecular complexity index is 710. The SMILES string of the molecule is O=C(Nc1cnn(Cc2ccc(Cl)cc2Cl)c1)NC1CCCCC1. The Morgan fingerprint density at radius 3 is 2.79 bits per heavy atom. The van der Waals surface area contributed by atoms with E-state index in [1.54, 1.807) is 29.2 Å². The molecule has 0 radical (unpaired) electrons. The van der Waals surface area contributed by atoms with Crippen molar-refractivity contribution in [2.75, 3.05) is 5.32 Å². The molecule has 24 heavy (non-hydrogen) atoms. The topological polar surface area (TPSA) is 59.0 Å². The second kappa shape index (κ2) is 7.90. The standard InChI is InChI=1S/C17H20Cl2N4O/c18-13-7-6-12(16(19)8-13)10-23-11-15(9-20-23)22-17(24)21-14-4-2-1-3-5-14/h6-9,11,14H,1-5,10H2,(H2,21,22,24). The summed E-state index contributed by atoms with van der Waals surface area (Å²) < 4.78 is 1.73. The van der Waals surface area contributed by atoms with Crippen LogP contribution in [-0.2, 0) is 6.54 Å². The van der Waals surface area contributed by atoms with E-state index in [1.165, 1.54) is 19.3 Å². The van der Waals surface area contributed by atoms with E-state index in [4.69, 9.17) is 23.2 Å². The lowest BCUT2D eigenvalue weighted by Gasteiger charge is -2.22. The summed E-state index contributed by atoms with van der Waals surface area (Å²) in [6.07, 6.45) is 9.16. The first kappa shape index (κ1) is 17.1. The summed E-state index contributed by atoms with van der Waals surface area (Å²) in [6.45, 7) is 0.516. The van der Waals surface area contributed by atoms with Gasteiger partial charge in [-0.3, -0.25) is 4.68 Å². The predicted molar refractivity (Wildman–Crippen MR) is 96.8 cm³/mol. The number of urea groups is 1. The van der Waals surface area contributed by atoms with E-state index in [1.807, 2.05) is 6.07 Å². The summed E-state index contributed by atoms with van der Waals surface area (Å²) >= 11 is 12.1. The van der Waals surface area contributed by atoms with Crippen LogP contribution in [0.15, 0.2) is 30.6 Å². The average Bonchev–Trinajstić information content (AvgIpc) is 2.98. The molecule has 0 unspecified atom stereocenters. The number of carbonyl (C=O) groups is 1. The van der Waals surface area contributed by atoms with Gasteiger partial charge in [-0.1, -0.05) is 48.5 Å². The molecule has 0 aliphatic heterocycles. The van der Waals surface area contributed by atoms with Crippen molar-refractivity contribution in [2.24, 2.45) is 0 Å². The van der Waals surface area contributed by atoms with Gasteiger partial charge in [0, 0.05) is 22.3 Å². The van der Waals surface area contributed by atoms with Crippen molar-refractivity contribution in [2.45, 2.75) is 44.7 Å². The van der Waals surface area contributed by atoms with Gasteiger partial charge < -0.3 is 10.6 Å². The molecule has 1 aliphatic rings. The molecule has 2 N–H and O–H groups in total. The van der Waals surface area contributed by atoms with Crippen molar-refractivity contribution in [1.82, 2.24) is 15.1 Å². The Hall–Kier alpha value is -1.72. The first-order chi connectivity index (χ1) is 11.6. The Morgan fingerprint density at radius 1 is 1.25 bits per heavy atom. The maximum absolute atomic E-state index is 12.0. The highest BCUT2D eigenvalue weighted by Crippen LogP contribution is 2.22. The summed E-state index contributed by atoms with van der Waals surface area (Å²) in [5, 5.41) is 11.3. The van der Waals surface area contributed by atoms with E-state index in [2.05, 4.69) is 15.7 Å². The minimum Gasteiger partial charge on any atom is -0.335 e. The van der Waals surface area contributed by atoms with Crippen LogP contribution in [0.1, 0.15) is 37.7 Å². The highest BCUT2D eigenvalue weighted by atomic mass is 35.5. The van der Waals surface area contributed by atoms with Gasteiger partial charge in [0.1, 0.15) is 0 Å². The quantitative estimate of drug-likeness (QED) is 0.824. The van der Waals surface area contributed by atoms with Crippen molar-refractivity contribution in [3.8, 4) is 0 Å². The molecular formula is C17H20Cl2N4O. The third-order valence-electron chi connectivity index (χ3n) is 4.18. The highest BCUT2D eigenvalue weighted by Gasteiger charge is 2.16. The molecule has 2 aromatic rings. The van der Waals surface area contributed by atoms with E-state index >= 15 is 0 Å². The lowest BCUT2D eigenvalue weighted by Crippen LogP contribution is -2.38. The van der Waals surface area contributed by atoms with Crippen LogP contribution >= 0.6 is 23.2 Å². The lowest BCUT2D eigenvalue weighted by molar-refractivity contribution is 0.244. The number of rotatable bonds is 4. The molecule has 1 aliphatic carbocycles. The number of hydrogen-bond acceptors (Lipinski definition) is 2. The van der Waals surface area contributed by atoms with Gasteiger partial charge in [-0.05, 0) is 30.5 Å². The normalized spacial score (nSPS) is 15.2. The van der Waals surface area contributed by atoms with Crippen LogP contribution in [0.3, 0.4) is 0 Å². The van der Waals surface area contributed by atoms with Crippen molar-refractivity contribution >= 4 is 34.9 Å². The third-order valence-corrected chi connectivity index (χ3v) is 4.77. The van der Waals surface area contributed by atoms with E-state index in [0.29, 0.717) is 22.3 Å². The fourth-order valence-corrected chi connectivity index (χ4v) is 3.41. The van der Waals surface area contributed by atoms with Gasteiger partial charge in [-0.15, -0.1) is 0 Å². The molecule has 1 heterocycles. The van der Waals surface area contributed by atoms with Crippen LogP contribution in [0, 0.1) is 0 Å². The number of aromatic nitrogens is 2. The maximum Gasteiger partial charge on any atom is 0.319 e. The van der Waals surface area contributed by atoms with Crippen molar-refractivity contribution < 1.29 is 4.79 Å². The molecule has 0 bridgehead atoms. The van der Waals surface area contributed by atoms with Crippen LogP contribution in [-0.4, -0.2) is 21.9 Å². The molecule has 0 spiro atoms. The minimum absolute atomic E-state index is 0.175. The summed E-state index contributed by atoms with van der Waals surface area (Å²) in [4.78, 5) is 12.0. The summed E-state index contributed by atoms with van der Waals surface area (Å²) in [5.74, 6) is 0. The second-order valence-electron chi connectivity index (χ2n) is 6.10. The van der Waals surface area contributed by atoms with Crippen molar-refractivity contribution in [3.05, 3.63) is 46.2 Å². The van der Waals surface area contributed by atoms with E-state index < -0.39 is 0 Å². The van der Waals surface area contributed by atoms with Crippen LogP contribution in [0.2, 0.25) is 10.0 Å². The molecule has 0 saturated heterocycles. The van der Waals surface area contributed by atoms with Gasteiger partial charge in [-0.25, -0.2) is 4.79 Å². The fraction of sp³-hybridized carbons (Fsp3) is 0.412. The molecule has 1 aromatic carbocycles. The molecule has 0 atom stereocenters. The Morgan fingerprint density at radius 2 is 2.04 bits per heavy atom. The van der Waals surface area contributed by atoms with Gasteiger partial charge >= 0.3 is 6.03 Å². The number of nitrogens with zero attached hydrogens (tertiary/aromatic N) is 2. The Labute approximate surface area is 151 Å². The van der Waals surface area contributed by atoms with Gasteiger partial charge in [0.15, 0.2) is 0 Å². The fourth-order valence-electron chi connectivity index (χ4n) is 2.94. The summed E-state index contributed by atoms with van der Waals surface area (Å²) in [6, 6.07) is 5.48. The predicted octanol–water partition coefficient (Wildman–Crippen LogP) is 4.69. The zero-order valence-electron chi connectivity index (χ0n) is 13.3. The highest BCUT2D eigenvalue weighted by molar-refractivity contribution is 6.35. The smallest absolute Gasteiger partial charge is 0.319 e. The lowest BCUT2D eigenvalue weighted by atomic mass is 9.96. The summed E-state index contributed by atoms with van der Waals surface area (Å²) in [5.41, 5.74) is 1.58. The largest absolute Gasteiger partial charge is 0.335 e. The zero-order valence-corrected chi connectivity index (χ0v) is 14.8. The number of amides is 2. The average molecular weight is 367 g/mol.